The molecule has 0 saturated carbocycles. The van der Waals surface area contributed by atoms with E-state index in [4.69, 9.17) is 0 Å². The number of nitrogens with one attached hydrogen (secondary N) is 1. The Hall–Kier alpha value is -2.19. The van der Waals surface area contributed by atoms with Gasteiger partial charge in [0.15, 0.2) is 0 Å². The van der Waals surface area contributed by atoms with Crippen molar-refractivity contribution < 1.29 is 14.4 Å². The summed E-state index contributed by atoms with van der Waals surface area (Å²) in [6.45, 7) is 1.10. The first-order valence-electron chi connectivity index (χ1n) is 8.09. The van der Waals surface area contributed by atoms with Crippen LogP contribution in [0.4, 0.5) is 0 Å². The van der Waals surface area contributed by atoms with Gasteiger partial charge < -0.3 is 15.1 Å². The normalized spacial score (nSPS) is 23.4. The summed E-state index contributed by atoms with van der Waals surface area (Å²) < 4.78 is 0. The molecule has 0 bridgehead atoms. The molecule has 3 amide bonds. The SMILES string of the molecule is O=C1N[C@@H](Cc2cccs2)C(=O)N2CCN(C(=O)c3cccs3)C[C@@H]12. The Morgan fingerprint density at radius 1 is 1.16 bits per heavy atom. The first kappa shape index (κ1) is 16.3. The Morgan fingerprint density at radius 2 is 1.96 bits per heavy atom. The average molecular weight is 375 g/mol. The molecule has 0 radical (unpaired) electrons. The summed E-state index contributed by atoms with van der Waals surface area (Å²) in [5.74, 6) is -0.304. The maximum Gasteiger partial charge on any atom is 0.264 e. The summed E-state index contributed by atoms with van der Waals surface area (Å²) >= 11 is 2.96. The number of carbonyl (C=O) groups excluding carboxylic acids is 3. The number of hydrogen-bond donors (Lipinski definition) is 1. The Bertz CT molecular complexity index is 788. The number of hydrogen-bond acceptors (Lipinski definition) is 5. The van der Waals surface area contributed by atoms with Crippen molar-refractivity contribution in [2.24, 2.45) is 0 Å². The largest absolute Gasteiger partial charge is 0.342 e. The zero-order valence-corrected chi connectivity index (χ0v) is 15.0. The molecule has 8 heteroatoms. The fourth-order valence-electron chi connectivity index (χ4n) is 3.31. The molecule has 0 spiro atoms. The molecule has 0 aliphatic carbocycles. The molecule has 0 aromatic carbocycles. The summed E-state index contributed by atoms with van der Waals surface area (Å²) in [6, 6.07) is 6.41. The highest BCUT2D eigenvalue weighted by atomic mass is 32.1. The minimum absolute atomic E-state index is 0.0544. The zero-order valence-electron chi connectivity index (χ0n) is 13.4. The highest BCUT2D eigenvalue weighted by Gasteiger charge is 2.44. The van der Waals surface area contributed by atoms with Gasteiger partial charge in [0.1, 0.15) is 12.1 Å². The second-order valence-corrected chi connectivity index (χ2v) is 8.10. The quantitative estimate of drug-likeness (QED) is 0.877. The molecule has 4 rings (SSSR count). The van der Waals surface area contributed by atoms with Gasteiger partial charge in [0.05, 0.1) is 11.4 Å². The van der Waals surface area contributed by atoms with Crippen LogP contribution in [-0.2, 0) is 16.0 Å². The predicted octanol–water partition coefficient (Wildman–Crippen LogP) is 1.20. The van der Waals surface area contributed by atoms with Gasteiger partial charge in [-0.2, -0.15) is 0 Å². The lowest BCUT2D eigenvalue weighted by Gasteiger charge is -2.45. The zero-order chi connectivity index (χ0) is 17.4. The van der Waals surface area contributed by atoms with Gasteiger partial charge in [-0.15, -0.1) is 22.7 Å². The smallest absolute Gasteiger partial charge is 0.264 e. The molecule has 4 heterocycles. The molecule has 2 aromatic heterocycles. The maximum atomic E-state index is 12.8. The Morgan fingerprint density at radius 3 is 2.68 bits per heavy atom. The molecule has 2 fully saturated rings. The molecule has 2 aliphatic heterocycles. The van der Waals surface area contributed by atoms with Crippen LogP contribution in [0, 0.1) is 0 Å². The third-order valence-electron chi connectivity index (χ3n) is 4.59. The van der Waals surface area contributed by atoms with Crippen LogP contribution in [0.3, 0.4) is 0 Å². The van der Waals surface area contributed by atoms with Crippen LogP contribution in [0.25, 0.3) is 0 Å². The lowest BCUT2D eigenvalue weighted by Crippen LogP contribution is -2.70. The van der Waals surface area contributed by atoms with Gasteiger partial charge in [-0.3, -0.25) is 14.4 Å². The van der Waals surface area contributed by atoms with E-state index in [9.17, 15) is 14.4 Å². The molecular weight excluding hydrogens is 358 g/mol. The lowest BCUT2D eigenvalue weighted by atomic mass is 10.0. The van der Waals surface area contributed by atoms with Crippen molar-refractivity contribution in [2.45, 2.75) is 18.5 Å². The topological polar surface area (TPSA) is 69.7 Å². The monoisotopic (exact) mass is 375 g/mol. The third kappa shape index (κ3) is 3.07. The summed E-state index contributed by atoms with van der Waals surface area (Å²) in [7, 11) is 0. The van der Waals surface area contributed by atoms with Crippen molar-refractivity contribution >= 4 is 40.4 Å². The van der Waals surface area contributed by atoms with E-state index in [1.54, 1.807) is 27.2 Å². The van der Waals surface area contributed by atoms with Crippen LogP contribution < -0.4 is 5.32 Å². The van der Waals surface area contributed by atoms with Crippen LogP contribution in [0.15, 0.2) is 35.0 Å². The van der Waals surface area contributed by atoms with Crippen LogP contribution in [0.2, 0.25) is 0 Å². The van der Waals surface area contributed by atoms with E-state index in [0.717, 1.165) is 4.88 Å². The van der Waals surface area contributed by atoms with Crippen LogP contribution >= 0.6 is 22.7 Å². The molecule has 130 valence electrons. The Labute approximate surface area is 153 Å². The van der Waals surface area contributed by atoms with Gasteiger partial charge >= 0.3 is 0 Å². The van der Waals surface area contributed by atoms with Crippen molar-refractivity contribution in [3.05, 3.63) is 44.8 Å². The molecule has 0 unspecified atom stereocenters. The van der Waals surface area contributed by atoms with Gasteiger partial charge in [0, 0.05) is 24.4 Å². The predicted molar refractivity (Wildman–Crippen MR) is 95.7 cm³/mol. The number of thiophene rings is 2. The number of amides is 3. The van der Waals surface area contributed by atoms with E-state index in [1.165, 1.54) is 11.3 Å². The molecule has 2 atom stereocenters. The summed E-state index contributed by atoms with van der Waals surface area (Å²) in [6.07, 6.45) is 0.517. The second kappa shape index (κ2) is 6.61. The van der Waals surface area contributed by atoms with Crippen LogP contribution in [-0.4, -0.2) is 59.2 Å². The minimum Gasteiger partial charge on any atom is -0.342 e. The van der Waals surface area contributed by atoms with Gasteiger partial charge in [-0.25, -0.2) is 0 Å². The number of fused-ring (bicyclic) bond motifs is 1. The summed E-state index contributed by atoms with van der Waals surface area (Å²) in [5.41, 5.74) is 0. The maximum absolute atomic E-state index is 12.8. The molecule has 1 N–H and O–H groups in total. The van der Waals surface area contributed by atoms with Crippen LogP contribution in [0.5, 0.6) is 0 Å². The van der Waals surface area contributed by atoms with Crippen molar-refractivity contribution in [3.63, 3.8) is 0 Å². The Kier molecular flexibility index (Phi) is 4.30. The lowest BCUT2D eigenvalue weighted by molar-refractivity contribution is -0.152. The van der Waals surface area contributed by atoms with E-state index in [-0.39, 0.29) is 24.3 Å². The Balaban J connectivity index is 1.47. The number of piperazine rings is 2. The summed E-state index contributed by atoms with van der Waals surface area (Å²) in [4.78, 5) is 42.8. The van der Waals surface area contributed by atoms with Gasteiger partial charge in [0.25, 0.3) is 5.91 Å². The molecule has 25 heavy (non-hydrogen) atoms. The molecular formula is C17H17N3O3S2. The average Bonchev–Trinajstić information content (AvgIpc) is 3.32. The summed E-state index contributed by atoms with van der Waals surface area (Å²) in [5, 5.41) is 6.66. The van der Waals surface area contributed by atoms with E-state index in [1.807, 2.05) is 29.0 Å². The van der Waals surface area contributed by atoms with Gasteiger partial charge in [-0.05, 0) is 22.9 Å². The fraction of sp³-hybridized carbons (Fsp3) is 0.353. The van der Waals surface area contributed by atoms with Crippen molar-refractivity contribution in [2.75, 3.05) is 19.6 Å². The number of carbonyl (C=O) groups is 3. The van der Waals surface area contributed by atoms with E-state index < -0.39 is 12.1 Å². The highest BCUT2D eigenvalue weighted by Crippen LogP contribution is 2.22. The van der Waals surface area contributed by atoms with Crippen molar-refractivity contribution in [1.82, 2.24) is 15.1 Å². The molecule has 6 nitrogen and oxygen atoms in total. The van der Waals surface area contributed by atoms with E-state index >= 15 is 0 Å². The van der Waals surface area contributed by atoms with E-state index in [2.05, 4.69) is 5.32 Å². The standard InChI is InChI=1S/C17H17N3O3S2/c21-15-13-10-19(17(23)14-4-2-8-25-14)5-6-20(13)16(22)12(18-15)9-11-3-1-7-24-11/h1-4,7-8,12-13H,5-6,9-10H2,(H,18,21)/t12-,13-/m0/s1. The fourth-order valence-corrected chi connectivity index (χ4v) is 4.75. The van der Waals surface area contributed by atoms with Crippen LogP contribution in [0.1, 0.15) is 14.5 Å². The molecule has 2 aliphatic rings. The van der Waals surface area contributed by atoms with Gasteiger partial charge in [0.2, 0.25) is 11.8 Å². The first-order chi connectivity index (χ1) is 12.1. The number of rotatable bonds is 3. The molecule has 2 aromatic rings. The first-order valence-corrected chi connectivity index (χ1v) is 9.85. The third-order valence-corrected chi connectivity index (χ3v) is 6.34. The minimum atomic E-state index is -0.593. The second-order valence-electron chi connectivity index (χ2n) is 6.12. The van der Waals surface area contributed by atoms with E-state index in [0.29, 0.717) is 24.4 Å². The van der Waals surface area contributed by atoms with Crippen molar-refractivity contribution in [1.29, 1.82) is 0 Å². The van der Waals surface area contributed by atoms with Crippen molar-refractivity contribution in [3.8, 4) is 0 Å². The highest BCUT2D eigenvalue weighted by molar-refractivity contribution is 7.12. The molecule has 2 saturated heterocycles. The van der Waals surface area contributed by atoms with Gasteiger partial charge in [-0.1, -0.05) is 12.1 Å². The number of nitrogens with zero attached hydrogens (tertiary/aromatic N) is 2.